The summed E-state index contributed by atoms with van der Waals surface area (Å²) in [7, 11) is 0. The van der Waals surface area contributed by atoms with Crippen molar-refractivity contribution in [1.29, 1.82) is 0 Å². The van der Waals surface area contributed by atoms with E-state index in [1.807, 2.05) is 22.6 Å². The lowest BCUT2D eigenvalue weighted by atomic mass is 10.0. The largest absolute Gasteiger partial charge is 0.506 e. The lowest BCUT2D eigenvalue weighted by Crippen LogP contribution is -2.47. The summed E-state index contributed by atoms with van der Waals surface area (Å²) in [6.45, 7) is 2.53. The van der Waals surface area contributed by atoms with Crippen molar-refractivity contribution >= 4 is 70.0 Å². The number of alkyl halides is 2. The number of hydrogen-bond acceptors (Lipinski definition) is 3. The van der Waals surface area contributed by atoms with Crippen LogP contribution in [0.1, 0.15) is 11.6 Å². The van der Waals surface area contributed by atoms with E-state index >= 15 is 0 Å². The number of benzene rings is 1. The summed E-state index contributed by atoms with van der Waals surface area (Å²) in [6, 6.07) is 2.39. The van der Waals surface area contributed by atoms with Crippen LogP contribution >= 0.6 is 70.0 Å². The number of phenols is 1. The molecular weight excluding hydrogens is 551 g/mol. The van der Waals surface area contributed by atoms with Crippen LogP contribution in [0.4, 0.5) is 8.78 Å². The molecule has 0 radical (unpaired) electrons. The molecule has 1 heterocycles. The van der Waals surface area contributed by atoms with Crippen molar-refractivity contribution in [2.75, 3.05) is 26.2 Å². The minimum absolute atomic E-state index is 0. The molecule has 2 N–H and O–H groups in total. The second kappa shape index (κ2) is 9.86. The van der Waals surface area contributed by atoms with Crippen molar-refractivity contribution in [2.45, 2.75) is 12.5 Å². The molecule has 1 aromatic rings. The second-order valence-corrected chi connectivity index (χ2v) is 6.80. The van der Waals surface area contributed by atoms with Gasteiger partial charge in [-0.15, -0.1) is 24.8 Å². The van der Waals surface area contributed by atoms with E-state index in [9.17, 15) is 13.9 Å². The Hall–Kier alpha value is 0.840. The highest BCUT2D eigenvalue weighted by atomic mass is 127. The molecule has 1 aromatic carbocycles. The molecule has 122 valence electrons. The zero-order valence-electron chi connectivity index (χ0n) is 10.9. The SMILES string of the molecule is Cl.Cl.Oc1c(I)cc(I)cc1[C@H](C(F)F)N1CCNCC1. The zero-order valence-corrected chi connectivity index (χ0v) is 16.8. The monoisotopic (exact) mass is 566 g/mol. The topological polar surface area (TPSA) is 35.5 Å². The standard InChI is InChI=1S/C12H14F2I2N2O.2ClH/c13-12(14)10(18-3-1-17-2-4-18)8-5-7(15)6-9(16)11(8)19;;/h5-6,10,12,17,19H,1-4H2;2*1H/t10-;;/m1../s1. The van der Waals surface area contributed by atoms with Crippen LogP contribution in [0, 0.1) is 7.14 Å². The first-order valence-corrected chi connectivity index (χ1v) is 8.07. The van der Waals surface area contributed by atoms with Gasteiger partial charge in [0.2, 0.25) is 0 Å². The number of nitrogens with zero attached hydrogens (tertiary/aromatic N) is 1. The molecule has 1 fully saturated rings. The first kappa shape index (κ1) is 21.8. The maximum Gasteiger partial charge on any atom is 0.258 e. The maximum absolute atomic E-state index is 13.4. The van der Waals surface area contributed by atoms with E-state index < -0.39 is 12.5 Å². The minimum Gasteiger partial charge on any atom is -0.506 e. The van der Waals surface area contributed by atoms with Crippen LogP contribution in [-0.2, 0) is 0 Å². The number of halogens is 6. The molecule has 0 aliphatic carbocycles. The molecule has 1 aliphatic rings. The van der Waals surface area contributed by atoms with Gasteiger partial charge in [-0.25, -0.2) is 8.78 Å². The predicted octanol–water partition coefficient (Wildman–Crippen LogP) is 3.66. The van der Waals surface area contributed by atoms with Gasteiger partial charge in [0.05, 0.1) is 3.57 Å². The molecule has 9 heteroatoms. The number of phenolic OH excluding ortho intramolecular Hbond substituents is 1. The van der Waals surface area contributed by atoms with Gasteiger partial charge in [0.15, 0.2) is 0 Å². The molecule has 0 bridgehead atoms. The van der Waals surface area contributed by atoms with Gasteiger partial charge in [0, 0.05) is 35.3 Å². The predicted molar refractivity (Wildman–Crippen MR) is 101 cm³/mol. The van der Waals surface area contributed by atoms with Crippen LogP contribution in [-0.4, -0.2) is 42.6 Å². The first-order valence-electron chi connectivity index (χ1n) is 5.91. The van der Waals surface area contributed by atoms with Gasteiger partial charge in [-0.1, -0.05) is 0 Å². The highest BCUT2D eigenvalue weighted by molar-refractivity contribution is 14.1. The lowest BCUT2D eigenvalue weighted by Gasteiger charge is -2.35. The van der Waals surface area contributed by atoms with Crippen LogP contribution in [0.3, 0.4) is 0 Å². The molecule has 3 nitrogen and oxygen atoms in total. The van der Waals surface area contributed by atoms with Crippen LogP contribution in [0.2, 0.25) is 0 Å². The molecule has 0 saturated carbocycles. The highest BCUT2D eigenvalue weighted by Crippen LogP contribution is 2.37. The van der Waals surface area contributed by atoms with E-state index in [0.717, 1.165) is 3.57 Å². The third kappa shape index (κ3) is 5.45. The number of aromatic hydroxyl groups is 1. The van der Waals surface area contributed by atoms with Crippen LogP contribution < -0.4 is 5.32 Å². The zero-order chi connectivity index (χ0) is 14.0. The van der Waals surface area contributed by atoms with Crippen molar-refractivity contribution < 1.29 is 13.9 Å². The molecular formula is C12H16Cl2F2I2N2O. The third-order valence-electron chi connectivity index (χ3n) is 3.16. The van der Waals surface area contributed by atoms with Gasteiger partial charge in [0.1, 0.15) is 11.8 Å². The molecule has 0 amide bonds. The second-order valence-electron chi connectivity index (χ2n) is 4.39. The van der Waals surface area contributed by atoms with Crippen molar-refractivity contribution in [2.24, 2.45) is 0 Å². The van der Waals surface area contributed by atoms with Crippen LogP contribution in [0.5, 0.6) is 5.75 Å². The van der Waals surface area contributed by atoms with Gasteiger partial charge in [0.25, 0.3) is 6.43 Å². The fourth-order valence-electron chi connectivity index (χ4n) is 2.26. The average molecular weight is 567 g/mol. The number of hydrogen-bond donors (Lipinski definition) is 2. The van der Waals surface area contributed by atoms with Gasteiger partial charge in [-0.05, 0) is 57.3 Å². The van der Waals surface area contributed by atoms with Crippen LogP contribution in [0.15, 0.2) is 12.1 Å². The summed E-state index contributed by atoms with van der Waals surface area (Å²) >= 11 is 4.06. The molecule has 1 aliphatic heterocycles. The van der Waals surface area contributed by atoms with Crippen molar-refractivity contribution in [3.63, 3.8) is 0 Å². The van der Waals surface area contributed by atoms with E-state index in [2.05, 4.69) is 27.9 Å². The molecule has 0 spiro atoms. The number of rotatable bonds is 3. The van der Waals surface area contributed by atoms with Crippen molar-refractivity contribution in [3.8, 4) is 5.75 Å². The van der Waals surface area contributed by atoms with Gasteiger partial charge in [-0.2, -0.15) is 0 Å². The smallest absolute Gasteiger partial charge is 0.258 e. The van der Waals surface area contributed by atoms with Crippen molar-refractivity contribution in [1.82, 2.24) is 10.2 Å². The number of nitrogens with one attached hydrogen (secondary N) is 1. The normalized spacial score (nSPS) is 17.0. The van der Waals surface area contributed by atoms with Crippen LogP contribution in [0.25, 0.3) is 0 Å². The number of piperazine rings is 1. The Morgan fingerprint density at radius 2 is 1.71 bits per heavy atom. The summed E-state index contributed by atoms with van der Waals surface area (Å²) in [6.07, 6.45) is -2.52. The highest BCUT2D eigenvalue weighted by Gasteiger charge is 2.32. The third-order valence-corrected chi connectivity index (χ3v) is 4.61. The molecule has 1 atom stereocenters. The maximum atomic E-state index is 13.4. The minimum atomic E-state index is -2.52. The van der Waals surface area contributed by atoms with Gasteiger partial charge < -0.3 is 10.4 Å². The summed E-state index contributed by atoms with van der Waals surface area (Å²) < 4.78 is 28.3. The quantitative estimate of drug-likeness (QED) is 0.549. The first-order chi connectivity index (χ1) is 9.00. The van der Waals surface area contributed by atoms with E-state index in [4.69, 9.17) is 0 Å². The summed E-state index contributed by atoms with van der Waals surface area (Å²) in [4.78, 5) is 1.74. The lowest BCUT2D eigenvalue weighted by molar-refractivity contribution is 0.0169. The van der Waals surface area contributed by atoms with E-state index in [-0.39, 0.29) is 30.6 Å². The van der Waals surface area contributed by atoms with E-state index in [1.54, 1.807) is 17.0 Å². The van der Waals surface area contributed by atoms with Gasteiger partial charge in [-0.3, -0.25) is 4.90 Å². The molecule has 2 rings (SSSR count). The molecule has 1 saturated heterocycles. The average Bonchev–Trinajstić information content (AvgIpc) is 2.36. The summed E-state index contributed by atoms with van der Waals surface area (Å²) in [5, 5.41) is 13.2. The Labute approximate surface area is 162 Å². The van der Waals surface area contributed by atoms with E-state index in [0.29, 0.717) is 35.3 Å². The molecule has 0 unspecified atom stereocenters. The Kier molecular flexibility index (Phi) is 10.3. The Morgan fingerprint density at radius 1 is 1.14 bits per heavy atom. The Bertz CT molecular complexity index is 463. The molecule has 21 heavy (non-hydrogen) atoms. The van der Waals surface area contributed by atoms with Crippen molar-refractivity contribution in [3.05, 3.63) is 24.8 Å². The molecule has 0 aromatic heterocycles. The Morgan fingerprint density at radius 3 is 2.24 bits per heavy atom. The fraction of sp³-hybridized carbons (Fsp3) is 0.500. The Balaban J connectivity index is 0.00000200. The summed E-state index contributed by atoms with van der Waals surface area (Å²) in [5.41, 5.74) is 0.327. The fourth-order valence-corrected chi connectivity index (χ4v) is 4.15. The summed E-state index contributed by atoms with van der Waals surface area (Å²) in [5.74, 6) is -0.0233. The van der Waals surface area contributed by atoms with Gasteiger partial charge >= 0.3 is 0 Å². The van der Waals surface area contributed by atoms with E-state index in [1.165, 1.54) is 0 Å².